The standard InChI is InChI=1S/C20H27ClN2O5/c1-3-27-17(24)13-22-19(26)23-10-6-9-20(14-23,18(25)28-4-2)12-15-7-5-8-16(21)11-15/h5,7-8,11H,3-4,6,9-10,12-14H2,1-2H3,(H,22,26)/t20-/m0/s1. The van der Waals surface area contributed by atoms with Gasteiger partial charge >= 0.3 is 18.0 Å². The van der Waals surface area contributed by atoms with Crippen LogP contribution in [0.5, 0.6) is 0 Å². The van der Waals surface area contributed by atoms with Crippen molar-refractivity contribution in [3.63, 3.8) is 0 Å². The van der Waals surface area contributed by atoms with Crippen LogP contribution in [-0.4, -0.2) is 55.7 Å². The van der Waals surface area contributed by atoms with Crippen LogP contribution in [0, 0.1) is 5.41 Å². The maximum Gasteiger partial charge on any atom is 0.325 e. The molecule has 7 nitrogen and oxygen atoms in total. The first kappa shape index (κ1) is 22.0. The topological polar surface area (TPSA) is 84.9 Å². The fourth-order valence-corrected chi connectivity index (χ4v) is 3.69. The van der Waals surface area contributed by atoms with E-state index in [9.17, 15) is 14.4 Å². The normalized spacial score (nSPS) is 19.0. The molecule has 0 spiro atoms. The zero-order valence-corrected chi connectivity index (χ0v) is 17.1. The molecule has 0 aliphatic carbocycles. The van der Waals surface area contributed by atoms with Crippen LogP contribution in [0.25, 0.3) is 0 Å². The van der Waals surface area contributed by atoms with Crippen LogP contribution in [0.4, 0.5) is 4.79 Å². The van der Waals surface area contributed by atoms with Crippen LogP contribution in [0.2, 0.25) is 5.02 Å². The number of carbonyl (C=O) groups is 3. The molecule has 1 N–H and O–H groups in total. The first-order chi connectivity index (χ1) is 13.4. The van der Waals surface area contributed by atoms with Gasteiger partial charge in [-0.05, 0) is 50.8 Å². The molecule has 154 valence electrons. The van der Waals surface area contributed by atoms with Gasteiger partial charge in [0.1, 0.15) is 6.54 Å². The summed E-state index contributed by atoms with van der Waals surface area (Å²) in [4.78, 5) is 38.4. The molecule has 1 aliphatic rings. The minimum Gasteiger partial charge on any atom is -0.466 e. The van der Waals surface area contributed by atoms with Gasteiger partial charge in [0.25, 0.3) is 0 Å². The summed E-state index contributed by atoms with van der Waals surface area (Å²) in [5, 5.41) is 3.15. The highest BCUT2D eigenvalue weighted by Crippen LogP contribution is 2.36. The average Bonchev–Trinajstić information content (AvgIpc) is 2.66. The molecule has 2 amide bonds. The van der Waals surface area contributed by atoms with Crippen LogP contribution in [-0.2, 0) is 25.5 Å². The number of ether oxygens (including phenoxy) is 2. The molecule has 0 aromatic heterocycles. The highest BCUT2D eigenvalue weighted by Gasteiger charge is 2.44. The first-order valence-electron chi connectivity index (χ1n) is 9.50. The van der Waals surface area contributed by atoms with Gasteiger partial charge in [-0.25, -0.2) is 4.79 Å². The van der Waals surface area contributed by atoms with E-state index in [0.717, 1.165) is 5.56 Å². The van der Waals surface area contributed by atoms with E-state index in [0.29, 0.717) is 30.8 Å². The molecule has 28 heavy (non-hydrogen) atoms. The number of urea groups is 1. The molecule has 1 aliphatic heterocycles. The second kappa shape index (κ2) is 10.3. The van der Waals surface area contributed by atoms with Crippen LogP contribution in [0.15, 0.2) is 24.3 Å². The second-order valence-electron chi connectivity index (χ2n) is 6.80. The van der Waals surface area contributed by atoms with Crippen molar-refractivity contribution in [1.29, 1.82) is 0 Å². The Morgan fingerprint density at radius 1 is 1.21 bits per heavy atom. The summed E-state index contributed by atoms with van der Waals surface area (Å²) in [6.07, 6.45) is 1.69. The van der Waals surface area contributed by atoms with Gasteiger partial charge < -0.3 is 19.7 Å². The Bertz CT molecular complexity index is 712. The number of esters is 2. The molecule has 1 saturated heterocycles. The smallest absolute Gasteiger partial charge is 0.325 e. The van der Waals surface area contributed by atoms with E-state index in [1.807, 2.05) is 18.2 Å². The molecular weight excluding hydrogens is 384 g/mol. The number of likely N-dealkylation sites (tertiary alicyclic amines) is 1. The number of amides is 2. The van der Waals surface area contributed by atoms with E-state index in [1.54, 1.807) is 24.8 Å². The number of piperidine rings is 1. The van der Waals surface area contributed by atoms with E-state index < -0.39 is 17.4 Å². The SMILES string of the molecule is CCOC(=O)CNC(=O)N1CCC[C@@](Cc2cccc(Cl)c2)(C(=O)OCC)C1. The third-order valence-electron chi connectivity index (χ3n) is 4.69. The minimum absolute atomic E-state index is 0.204. The highest BCUT2D eigenvalue weighted by atomic mass is 35.5. The van der Waals surface area contributed by atoms with E-state index in [4.69, 9.17) is 21.1 Å². The van der Waals surface area contributed by atoms with Crippen LogP contribution in [0.1, 0.15) is 32.3 Å². The molecule has 1 atom stereocenters. The predicted octanol–water partition coefficient (Wildman–Crippen LogP) is 2.80. The van der Waals surface area contributed by atoms with Gasteiger partial charge in [-0.15, -0.1) is 0 Å². The maximum absolute atomic E-state index is 12.8. The van der Waals surface area contributed by atoms with Crippen molar-refractivity contribution in [2.45, 2.75) is 33.1 Å². The number of benzene rings is 1. The lowest BCUT2D eigenvalue weighted by molar-refractivity contribution is -0.158. The van der Waals surface area contributed by atoms with Gasteiger partial charge in [0.2, 0.25) is 0 Å². The summed E-state index contributed by atoms with van der Waals surface area (Å²) in [6.45, 7) is 4.50. The predicted molar refractivity (Wildman–Crippen MR) is 105 cm³/mol. The van der Waals surface area contributed by atoms with Gasteiger partial charge in [0.15, 0.2) is 0 Å². The molecule has 1 fully saturated rings. The monoisotopic (exact) mass is 410 g/mol. The Morgan fingerprint density at radius 2 is 1.96 bits per heavy atom. The Hall–Kier alpha value is -2.28. The number of hydrogen-bond acceptors (Lipinski definition) is 5. The second-order valence-corrected chi connectivity index (χ2v) is 7.23. The van der Waals surface area contributed by atoms with E-state index >= 15 is 0 Å². The Kier molecular flexibility index (Phi) is 8.11. The van der Waals surface area contributed by atoms with Gasteiger partial charge in [0, 0.05) is 18.1 Å². The third-order valence-corrected chi connectivity index (χ3v) is 4.93. The van der Waals surface area contributed by atoms with Gasteiger partial charge in [-0.3, -0.25) is 9.59 Å². The summed E-state index contributed by atoms with van der Waals surface area (Å²) in [5.74, 6) is -0.818. The average molecular weight is 411 g/mol. The third kappa shape index (κ3) is 5.86. The van der Waals surface area contributed by atoms with Gasteiger partial charge in [-0.1, -0.05) is 23.7 Å². The highest BCUT2D eigenvalue weighted by molar-refractivity contribution is 6.30. The van der Waals surface area contributed by atoms with Crippen molar-refractivity contribution in [2.75, 3.05) is 32.8 Å². The fraction of sp³-hybridized carbons (Fsp3) is 0.550. The summed E-state index contributed by atoms with van der Waals surface area (Å²) in [6, 6.07) is 6.95. The summed E-state index contributed by atoms with van der Waals surface area (Å²) in [5.41, 5.74) is 0.0644. The van der Waals surface area contributed by atoms with Crippen molar-refractivity contribution in [1.82, 2.24) is 10.2 Å². The lowest BCUT2D eigenvalue weighted by Gasteiger charge is -2.41. The lowest BCUT2D eigenvalue weighted by atomic mass is 9.75. The number of halogens is 1. The summed E-state index contributed by atoms with van der Waals surface area (Å²) >= 11 is 6.09. The van der Waals surface area contributed by atoms with Crippen LogP contribution >= 0.6 is 11.6 Å². The molecule has 0 unspecified atom stereocenters. The molecule has 8 heteroatoms. The summed E-state index contributed by atoms with van der Waals surface area (Å²) < 4.78 is 10.2. The zero-order chi connectivity index (χ0) is 20.6. The van der Waals surface area contributed by atoms with Crippen LogP contribution < -0.4 is 5.32 Å². The minimum atomic E-state index is -0.847. The van der Waals surface area contributed by atoms with Crippen molar-refractivity contribution >= 4 is 29.6 Å². The van der Waals surface area contributed by atoms with E-state index in [2.05, 4.69) is 5.32 Å². The molecule has 0 bridgehead atoms. The number of nitrogens with one attached hydrogen (secondary N) is 1. The molecule has 0 radical (unpaired) electrons. The number of nitrogens with zero attached hydrogens (tertiary/aromatic N) is 1. The van der Waals surface area contributed by atoms with Crippen molar-refractivity contribution < 1.29 is 23.9 Å². The Labute approximate surface area is 170 Å². The van der Waals surface area contributed by atoms with Gasteiger partial charge in [-0.2, -0.15) is 0 Å². The Morgan fingerprint density at radius 3 is 2.64 bits per heavy atom. The number of carbonyl (C=O) groups excluding carboxylic acids is 3. The van der Waals surface area contributed by atoms with Crippen LogP contribution in [0.3, 0.4) is 0 Å². The van der Waals surface area contributed by atoms with Crippen molar-refractivity contribution in [3.05, 3.63) is 34.9 Å². The Balaban J connectivity index is 2.14. The molecule has 0 saturated carbocycles. The molecule has 1 aromatic rings. The molecule has 1 heterocycles. The number of rotatable bonds is 7. The molecular formula is C20H27ClN2O5. The quantitative estimate of drug-likeness (QED) is 0.698. The zero-order valence-electron chi connectivity index (χ0n) is 16.3. The molecule has 2 rings (SSSR count). The summed E-state index contributed by atoms with van der Waals surface area (Å²) in [7, 11) is 0. The first-order valence-corrected chi connectivity index (χ1v) is 9.88. The molecule has 1 aromatic carbocycles. The largest absolute Gasteiger partial charge is 0.466 e. The number of hydrogen-bond donors (Lipinski definition) is 1. The maximum atomic E-state index is 12.8. The van der Waals surface area contributed by atoms with Gasteiger partial charge in [0.05, 0.1) is 18.6 Å². The van der Waals surface area contributed by atoms with E-state index in [1.165, 1.54) is 0 Å². The van der Waals surface area contributed by atoms with Crippen molar-refractivity contribution in [3.8, 4) is 0 Å². The lowest BCUT2D eigenvalue weighted by Crippen LogP contribution is -2.54. The van der Waals surface area contributed by atoms with Crippen molar-refractivity contribution in [2.24, 2.45) is 5.41 Å². The fourth-order valence-electron chi connectivity index (χ4n) is 3.48. The van der Waals surface area contributed by atoms with E-state index in [-0.39, 0.29) is 32.3 Å².